The van der Waals surface area contributed by atoms with Crippen molar-refractivity contribution in [1.82, 2.24) is 4.98 Å². The van der Waals surface area contributed by atoms with Gasteiger partial charge >= 0.3 is 5.97 Å². The van der Waals surface area contributed by atoms with Gasteiger partial charge in [0.15, 0.2) is 5.78 Å². The quantitative estimate of drug-likeness (QED) is 0.448. The van der Waals surface area contributed by atoms with Gasteiger partial charge in [0.1, 0.15) is 5.82 Å². The van der Waals surface area contributed by atoms with E-state index in [-0.39, 0.29) is 11.4 Å². The van der Waals surface area contributed by atoms with E-state index < -0.39 is 17.5 Å². The number of aromatic amines is 1. The van der Waals surface area contributed by atoms with Gasteiger partial charge in [0.2, 0.25) is 5.76 Å². The average molecular weight is 289 g/mol. The number of ketones is 1. The molecule has 1 heterocycles. The fourth-order valence-electron chi connectivity index (χ4n) is 1.86. The molecular weight excluding hydrogens is 277 g/mol. The number of H-pyrrole nitrogens is 1. The fourth-order valence-corrected chi connectivity index (χ4v) is 1.86. The van der Waals surface area contributed by atoms with Gasteiger partial charge in [-0.25, -0.2) is 9.18 Å². The third-order valence-corrected chi connectivity index (χ3v) is 2.89. The standard InChI is InChI=1S/C15H12FNO4/c16-11-3-1-9(2-4-11)5-10-7-17-8-12(10)13(18)6-14(19)15(20)21/h1-4,6-8,17,19H,5H2,(H,20,21). The lowest BCUT2D eigenvalue weighted by molar-refractivity contribution is -0.135. The third kappa shape index (κ3) is 3.56. The Hall–Kier alpha value is -2.89. The highest BCUT2D eigenvalue weighted by Crippen LogP contribution is 2.16. The Morgan fingerprint density at radius 3 is 2.43 bits per heavy atom. The van der Waals surface area contributed by atoms with Crippen molar-refractivity contribution in [1.29, 1.82) is 0 Å². The van der Waals surface area contributed by atoms with Crippen LogP contribution in [-0.2, 0) is 11.2 Å². The predicted octanol–water partition coefficient (Wildman–Crippen LogP) is 2.45. The molecule has 2 rings (SSSR count). The van der Waals surface area contributed by atoms with E-state index in [0.29, 0.717) is 18.1 Å². The maximum absolute atomic E-state index is 12.8. The number of halogens is 1. The van der Waals surface area contributed by atoms with E-state index in [1.165, 1.54) is 18.3 Å². The van der Waals surface area contributed by atoms with E-state index >= 15 is 0 Å². The molecule has 0 spiro atoms. The molecule has 1 aromatic heterocycles. The second-order valence-corrected chi connectivity index (χ2v) is 4.40. The van der Waals surface area contributed by atoms with E-state index in [4.69, 9.17) is 10.2 Å². The number of hydrogen-bond donors (Lipinski definition) is 3. The molecule has 5 nitrogen and oxygen atoms in total. The number of hydrogen-bond acceptors (Lipinski definition) is 3. The number of aromatic nitrogens is 1. The number of allylic oxidation sites excluding steroid dienone is 1. The first-order chi connectivity index (χ1) is 9.97. The Labute approximate surface area is 119 Å². The number of nitrogens with one attached hydrogen (secondary N) is 1. The topological polar surface area (TPSA) is 90.4 Å². The van der Waals surface area contributed by atoms with E-state index in [1.54, 1.807) is 18.3 Å². The normalized spacial score (nSPS) is 11.4. The first-order valence-electron chi connectivity index (χ1n) is 6.05. The first-order valence-corrected chi connectivity index (χ1v) is 6.05. The summed E-state index contributed by atoms with van der Waals surface area (Å²) >= 11 is 0. The molecule has 21 heavy (non-hydrogen) atoms. The zero-order valence-corrected chi connectivity index (χ0v) is 10.8. The van der Waals surface area contributed by atoms with Gasteiger partial charge in [-0.1, -0.05) is 12.1 Å². The van der Waals surface area contributed by atoms with E-state index in [0.717, 1.165) is 5.56 Å². The summed E-state index contributed by atoms with van der Waals surface area (Å²) in [5, 5.41) is 17.6. The van der Waals surface area contributed by atoms with Crippen LogP contribution >= 0.6 is 0 Å². The Kier molecular flexibility index (Phi) is 4.18. The maximum atomic E-state index is 12.8. The molecule has 0 saturated heterocycles. The van der Waals surface area contributed by atoms with Crippen molar-refractivity contribution in [3.05, 3.63) is 71.0 Å². The van der Waals surface area contributed by atoms with Crippen molar-refractivity contribution < 1.29 is 24.2 Å². The monoisotopic (exact) mass is 289 g/mol. The lowest BCUT2D eigenvalue weighted by Crippen LogP contribution is -2.05. The van der Waals surface area contributed by atoms with Crippen molar-refractivity contribution in [2.45, 2.75) is 6.42 Å². The van der Waals surface area contributed by atoms with Crippen molar-refractivity contribution in [2.75, 3.05) is 0 Å². The molecule has 0 aliphatic rings. The van der Waals surface area contributed by atoms with Crippen LogP contribution in [0.1, 0.15) is 21.5 Å². The van der Waals surface area contributed by atoms with Crippen LogP contribution in [0.2, 0.25) is 0 Å². The molecule has 0 saturated carbocycles. The van der Waals surface area contributed by atoms with Crippen LogP contribution in [0.15, 0.2) is 48.5 Å². The van der Waals surface area contributed by atoms with Crippen molar-refractivity contribution in [3.63, 3.8) is 0 Å². The zero-order chi connectivity index (χ0) is 15.4. The van der Waals surface area contributed by atoms with Crippen molar-refractivity contribution >= 4 is 11.8 Å². The highest BCUT2D eigenvalue weighted by molar-refractivity contribution is 6.08. The Morgan fingerprint density at radius 1 is 1.14 bits per heavy atom. The fraction of sp³-hybridized carbons (Fsp3) is 0.0667. The number of carboxylic acid groups (broad SMARTS) is 1. The number of aliphatic hydroxyl groups is 1. The number of carboxylic acids is 1. The molecule has 0 atom stereocenters. The van der Waals surface area contributed by atoms with E-state index in [1.807, 2.05) is 0 Å². The molecular formula is C15H12FNO4. The molecule has 108 valence electrons. The number of benzene rings is 1. The lowest BCUT2D eigenvalue weighted by Gasteiger charge is -2.02. The minimum atomic E-state index is -1.57. The van der Waals surface area contributed by atoms with Crippen LogP contribution < -0.4 is 0 Å². The van der Waals surface area contributed by atoms with E-state index in [9.17, 15) is 14.0 Å². The number of rotatable bonds is 5. The van der Waals surface area contributed by atoms with Gasteiger partial charge < -0.3 is 15.2 Å². The molecule has 0 unspecified atom stereocenters. The van der Waals surface area contributed by atoms with Crippen LogP contribution in [0.3, 0.4) is 0 Å². The van der Waals surface area contributed by atoms with Gasteiger partial charge in [0.25, 0.3) is 0 Å². The van der Waals surface area contributed by atoms with Gasteiger partial charge in [0.05, 0.1) is 0 Å². The molecule has 0 radical (unpaired) electrons. The van der Waals surface area contributed by atoms with Gasteiger partial charge in [0, 0.05) is 24.0 Å². The summed E-state index contributed by atoms with van der Waals surface area (Å²) in [6.45, 7) is 0. The summed E-state index contributed by atoms with van der Waals surface area (Å²) in [5.74, 6) is -3.56. The van der Waals surface area contributed by atoms with E-state index in [2.05, 4.69) is 4.98 Å². The molecule has 6 heteroatoms. The Balaban J connectivity index is 2.22. The number of carbonyl (C=O) groups excluding carboxylic acids is 1. The van der Waals surface area contributed by atoms with Gasteiger partial charge in [-0.3, -0.25) is 4.79 Å². The Morgan fingerprint density at radius 2 is 1.81 bits per heavy atom. The minimum absolute atomic E-state index is 0.257. The molecule has 0 aliphatic heterocycles. The van der Waals surface area contributed by atoms with Gasteiger partial charge in [-0.15, -0.1) is 0 Å². The molecule has 0 bridgehead atoms. The van der Waals surface area contributed by atoms with Gasteiger partial charge in [-0.05, 0) is 29.7 Å². The van der Waals surface area contributed by atoms with Gasteiger partial charge in [-0.2, -0.15) is 0 Å². The van der Waals surface area contributed by atoms with Crippen LogP contribution in [0, 0.1) is 5.82 Å². The first kappa shape index (κ1) is 14.5. The summed E-state index contributed by atoms with van der Waals surface area (Å²) in [7, 11) is 0. The van der Waals surface area contributed by atoms with Crippen LogP contribution in [0.5, 0.6) is 0 Å². The highest BCUT2D eigenvalue weighted by Gasteiger charge is 2.14. The highest BCUT2D eigenvalue weighted by atomic mass is 19.1. The SMILES string of the molecule is O=C(O)C(O)=CC(=O)c1c[nH]cc1Cc1ccc(F)cc1. The van der Waals surface area contributed by atoms with Crippen molar-refractivity contribution in [3.8, 4) is 0 Å². The number of aliphatic hydroxyl groups excluding tert-OH is 1. The summed E-state index contributed by atoms with van der Waals surface area (Å²) in [5.41, 5.74) is 1.68. The summed E-state index contributed by atoms with van der Waals surface area (Å²) in [6.07, 6.45) is 4.06. The third-order valence-electron chi connectivity index (χ3n) is 2.89. The molecule has 2 aromatic rings. The smallest absolute Gasteiger partial charge is 0.371 e. The Bertz CT molecular complexity index is 701. The molecule has 1 aromatic carbocycles. The predicted molar refractivity (Wildman–Crippen MR) is 72.7 cm³/mol. The molecule has 0 aliphatic carbocycles. The van der Waals surface area contributed by atoms with Crippen molar-refractivity contribution in [2.24, 2.45) is 0 Å². The largest absolute Gasteiger partial charge is 0.502 e. The summed E-state index contributed by atoms with van der Waals surface area (Å²) in [6, 6.07) is 5.83. The van der Waals surface area contributed by atoms with Crippen LogP contribution in [0.4, 0.5) is 4.39 Å². The zero-order valence-electron chi connectivity index (χ0n) is 10.8. The maximum Gasteiger partial charge on any atom is 0.371 e. The minimum Gasteiger partial charge on any atom is -0.502 e. The second kappa shape index (κ2) is 6.04. The second-order valence-electron chi connectivity index (χ2n) is 4.40. The number of carbonyl (C=O) groups is 2. The summed E-state index contributed by atoms with van der Waals surface area (Å²) < 4.78 is 12.8. The van der Waals surface area contributed by atoms with Crippen LogP contribution in [-0.4, -0.2) is 26.9 Å². The molecule has 0 amide bonds. The summed E-state index contributed by atoms with van der Waals surface area (Å²) in [4.78, 5) is 25.2. The lowest BCUT2D eigenvalue weighted by atomic mass is 10.0. The average Bonchev–Trinajstić information content (AvgIpc) is 2.89. The molecule has 0 fully saturated rings. The molecule has 3 N–H and O–H groups in total. The number of aliphatic carboxylic acids is 1. The van der Waals surface area contributed by atoms with Crippen LogP contribution in [0.25, 0.3) is 0 Å².